The van der Waals surface area contributed by atoms with Crippen LogP contribution in [0.2, 0.25) is 0 Å². The number of esters is 4. The number of hydrogen-bond acceptors (Lipinski definition) is 10. The third-order valence-electron chi connectivity index (χ3n) is 4.21. The Bertz CT molecular complexity index is 778. The lowest BCUT2D eigenvalue weighted by Gasteiger charge is -2.44. The summed E-state index contributed by atoms with van der Waals surface area (Å²) in [4.78, 5) is 46.4. The lowest BCUT2D eigenvalue weighted by atomic mass is 9.98. The van der Waals surface area contributed by atoms with Crippen LogP contribution < -0.4 is 0 Å². The van der Waals surface area contributed by atoms with Crippen molar-refractivity contribution in [3.8, 4) is 0 Å². The van der Waals surface area contributed by atoms with E-state index in [-0.39, 0.29) is 13.2 Å². The molecule has 0 amide bonds. The van der Waals surface area contributed by atoms with E-state index in [4.69, 9.17) is 28.4 Å². The van der Waals surface area contributed by atoms with E-state index in [0.717, 1.165) is 19.4 Å². The molecule has 0 bridgehead atoms. The third-order valence-corrected chi connectivity index (χ3v) is 4.21. The fourth-order valence-corrected chi connectivity index (χ4v) is 3.08. The van der Waals surface area contributed by atoms with Crippen LogP contribution in [0.4, 0.5) is 0 Å². The minimum Gasteiger partial charge on any atom is -0.463 e. The summed E-state index contributed by atoms with van der Waals surface area (Å²) < 4.78 is 32.6. The SMILES string of the molecule is CC(=O)OC[C@@H]1OC(OC(C)=O)[C@H](OC(C)=O)[C@H](OC(C)=O)[C@@H]1OCc1ccccc1. The van der Waals surface area contributed by atoms with Crippen molar-refractivity contribution in [3.05, 3.63) is 35.9 Å². The number of carbonyl (C=O) groups is 4. The summed E-state index contributed by atoms with van der Waals surface area (Å²) in [6.07, 6.45) is -5.86. The first-order valence-corrected chi connectivity index (χ1v) is 9.63. The fourth-order valence-electron chi connectivity index (χ4n) is 3.08. The van der Waals surface area contributed by atoms with Crippen molar-refractivity contribution in [1.29, 1.82) is 0 Å². The van der Waals surface area contributed by atoms with E-state index in [1.807, 2.05) is 30.3 Å². The van der Waals surface area contributed by atoms with Crippen LogP contribution >= 0.6 is 0 Å². The lowest BCUT2D eigenvalue weighted by Crippen LogP contribution is -2.62. The highest BCUT2D eigenvalue weighted by molar-refractivity contribution is 5.68. The van der Waals surface area contributed by atoms with Crippen LogP contribution in [-0.2, 0) is 54.2 Å². The van der Waals surface area contributed by atoms with Crippen LogP contribution in [-0.4, -0.2) is 61.2 Å². The Kier molecular flexibility index (Phi) is 8.95. The molecule has 1 heterocycles. The molecule has 2 rings (SSSR count). The minimum atomic E-state index is -1.40. The fraction of sp³-hybridized carbons (Fsp3) is 0.524. The summed E-state index contributed by atoms with van der Waals surface area (Å²) in [6, 6.07) is 9.16. The topological polar surface area (TPSA) is 124 Å². The molecule has 1 aliphatic heterocycles. The number of ether oxygens (including phenoxy) is 6. The maximum absolute atomic E-state index is 11.8. The normalized spacial score (nSPS) is 25.2. The van der Waals surface area contributed by atoms with E-state index >= 15 is 0 Å². The van der Waals surface area contributed by atoms with Crippen LogP contribution in [0.1, 0.15) is 33.3 Å². The summed E-state index contributed by atoms with van der Waals surface area (Å²) in [5, 5.41) is 0. The van der Waals surface area contributed by atoms with E-state index in [1.165, 1.54) is 13.8 Å². The maximum Gasteiger partial charge on any atom is 0.305 e. The molecular weight excluding hydrogens is 412 g/mol. The van der Waals surface area contributed by atoms with Crippen LogP contribution in [0.15, 0.2) is 30.3 Å². The van der Waals surface area contributed by atoms with Crippen LogP contribution in [0.5, 0.6) is 0 Å². The molecule has 31 heavy (non-hydrogen) atoms. The number of hydrogen-bond donors (Lipinski definition) is 0. The molecule has 1 aromatic rings. The first kappa shape index (κ1) is 24.3. The van der Waals surface area contributed by atoms with Crippen molar-refractivity contribution >= 4 is 23.9 Å². The summed E-state index contributed by atoms with van der Waals surface area (Å²) in [5.74, 6) is -2.66. The third kappa shape index (κ3) is 7.65. The summed E-state index contributed by atoms with van der Waals surface area (Å²) >= 11 is 0. The van der Waals surface area contributed by atoms with Crippen molar-refractivity contribution in [1.82, 2.24) is 0 Å². The largest absolute Gasteiger partial charge is 0.463 e. The standard InChI is InChI=1S/C21H26O10/c1-12(22)26-11-17-18(27-10-16-8-6-5-7-9-16)19(28-13(2)23)20(29-14(3)24)21(31-17)30-15(4)25/h5-9,17-21H,10-11H2,1-4H3/t17-,18+,19+,20+,21?/m0/s1. The Morgan fingerprint density at radius 2 is 1.35 bits per heavy atom. The second-order valence-electron chi connectivity index (χ2n) is 6.86. The molecule has 0 aliphatic carbocycles. The first-order valence-electron chi connectivity index (χ1n) is 9.63. The average molecular weight is 438 g/mol. The highest BCUT2D eigenvalue weighted by atomic mass is 16.7. The molecular formula is C21H26O10. The highest BCUT2D eigenvalue weighted by Gasteiger charge is 2.52. The van der Waals surface area contributed by atoms with Gasteiger partial charge in [-0.3, -0.25) is 19.2 Å². The smallest absolute Gasteiger partial charge is 0.305 e. The molecule has 1 saturated heterocycles. The molecule has 1 aromatic carbocycles. The molecule has 0 N–H and O–H groups in total. The molecule has 0 aromatic heterocycles. The quantitative estimate of drug-likeness (QED) is 0.433. The van der Waals surface area contributed by atoms with Crippen LogP contribution in [0, 0.1) is 0 Å². The van der Waals surface area contributed by atoms with Crippen LogP contribution in [0.3, 0.4) is 0 Å². The molecule has 0 spiro atoms. The van der Waals surface area contributed by atoms with E-state index in [0.29, 0.717) is 0 Å². The molecule has 0 radical (unpaired) electrons. The van der Waals surface area contributed by atoms with Crippen molar-refractivity contribution in [3.63, 3.8) is 0 Å². The van der Waals surface area contributed by atoms with Crippen molar-refractivity contribution in [2.24, 2.45) is 0 Å². The Labute approximate surface area is 179 Å². The molecule has 170 valence electrons. The number of rotatable bonds is 8. The Hall–Kier alpha value is -2.98. The van der Waals surface area contributed by atoms with Gasteiger partial charge in [-0.05, 0) is 5.56 Å². The van der Waals surface area contributed by atoms with Gasteiger partial charge in [0.25, 0.3) is 0 Å². The molecule has 10 nitrogen and oxygen atoms in total. The van der Waals surface area contributed by atoms with Gasteiger partial charge in [0.15, 0.2) is 6.10 Å². The predicted molar refractivity (Wildman–Crippen MR) is 103 cm³/mol. The molecule has 1 aliphatic rings. The summed E-state index contributed by atoms with van der Waals surface area (Å²) in [7, 11) is 0. The Morgan fingerprint density at radius 1 is 0.774 bits per heavy atom. The molecule has 0 saturated carbocycles. The lowest BCUT2D eigenvalue weighted by molar-refractivity contribution is -0.305. The van der Waals surface area contributed by atoms with E-state index in [2.05, 4.69) is 0 Å². The number of benzene rings is 1. The van der Waals surface area contributed by atoms with Gasteiger partial charge < -0.3 is 28.4 Å². The van der Waals surface area contributed by atoms with E-state index in [1.54, 1.807) is 0 Å². The van der Waals surface area contributed by atoms with Gasteiger partial charge in [0.2, 0.25) is 12.4 Å². The highest BCUT2D eigenvalue weighted by Crippen LogP contribution is 2.30. The van der Waals surface area contributed by atoms with Gasteiger partial charge in [0, 0.05) is 27.7 Å². The molecule has 10 heteroatoms. The second-order valence-corrected chi connectivity index (χ2v) is 6.86. The van der Waals surface area contributed by atoms with Gasteiger partial charge in [-0.25, -0.2) is 0 Å². The summed E-state index contributed by atoms with van der Waals surface area (Å²) in [5.41, 5.74) is 0.821. The second kappa shape index (κ2) is 11.4. The van der Waals surface area contributed by atoms with Crippen molar-refractivity contribution in [2.45, 2.75) is 65.0 Å². The van der Waals surface area contributed by atoms with Gasteiger partial charge in [-0.1, -0.05) is 30.3 Å². The summed E-state index contributed by atoms with van der Waals surface area (Å²) in [6.45, 7) is 4.54. The monoisotopic (exact) mass is 438 g/mol. The molecule has 1 unspecified atom stereocenters. The van der Waals surface area contributed by atoms with Gasteiger partial charge in [-0.15, -0.1) is 0 Å². The molecule has 5 atom stereocenters. The first-order chi connectivity index (χ1) is 14.7. The van der Waals surface area contributed by atoms with Gasteiger partial charge in [0.1, 0.15) is 18.8 Å². The van der Waals surface area contributed by atoms with Gasteiger partial charge in [-0.2, -0.15) is 0 Å². The van der Waals surface area contributed by atoms with Crippen molar-refractivity contribution in [2.75, 3.05) is 6.61 Å². The predicted octanol–water partition coefficient (Wildman–Crippen LogP) is 1.29. The zero-order chi connectivity index (χ0) is 23.0. The van der Waals surface area contributed by atoms with Gasteiger partial charge >= 0.3 is 23.9 Å². The van der Waals surface area contributed by atoms with Crippen molar-refractivity contribution < 1.29 is 47.6 Å². The van der Waals surface area contributed by atoms with Crippen LogP contribution in [0.25, 0.3) is 0 Å². The van der Waals surface area contributed by atoms with Gasteiger partial charge in [0.05, 0.1) is 6.61 Å². The Balaban J connectivity index is 2.37. The minimum absolute atomic E-state index is 0.105. The van der Waals surface area contributed by atoms with E-state index < -0.39 is 54.6 Å². The maximum atomic E-state index is 11.8. The zero-order valence-electron chi connectivity index (χ0n) is 17.8. The molecule has 1 fully saturated rings. The average Bonchev–Trinajstić information content (AvgIpc) is 2.67. The number of carbonyl (C=O) groups excluding carboxylic acids is 4. The van der Waals surface area contributed by atoms with E-state index in [9.17, 15) is 19.2 Å². The zero-order valence-corrected chi connectivity index (χ0v) is 17.8. The Morgan fingerprint density at radius 3 is 1.90 bits per heavy atom.